The van der Waals surface area contributed by atoms with E-state index in [4.69, 9.17) is 9.26 Å². The van der Waals surface area contributed by atoms with Crippen LogP contribution in [0.3, 0.4) is 0 Å². The largest absolute Gasteiger partial charge is 0.491 e. The van der Waals surface area contributed by atoms with Gasteiger partial charge in [0.15, 0.2) is 0 Å². The Morgan fingerprint density at radius 3 is 2.41 bits per heavy atom. The predicted molar refractivity (Wildman–Crippen MR) is 128 cm³/mol. The Balaban J connectivity index is 0.00000363. The summed E-state index contributed by atoms with van der Waals surface area (Å²) in [6.07, 6.45) is -0.619. The molecule has 0 aliphatic heterocycles. The van der Waals surface area contributed by atoms with Crippen molar-refractivity contribution in [3.05, 3.63) is 65.9 Å². The fourth-order valence-electron chi connectivity index (χ4n) is 2.94. The van der Waals surface area contributed by atoms with Crippen LogP contribution in [0.4, 0.5) is 5.69 Å². The van der Waals surface area contributed by atoms with Gasteiger partial charge in [0, 0.05) is 23.3 Å². The number of nitrogens with one attached hydrogen (secondary N) is 2. The normalized spacial score (nSPS) is 12.0. The number of amides is 1. The second kappa shape index (κ2) is 11.1. The van der Waals surface area contributed by atoms with E-state index in [0.717, 1.165) is 5.56 Å². The quantitative estimate of drug-likeness (QED) is 0.460. The van der Waals surface area contributed by atoms with E-state index in [-0.39, 0.29) is 30.5 Å². The van der Waals surface area contributed by atoms with E-state index in [1.807, 2.05) is 51.1 Å². The topological polar surface area (TPSA) is 96.6 Å². The van der Waals surface area contributed by atoms with E-state index < -0.39 is 6.10 Å². The summed E-state index contributed by atoms with van der Waals surface area (Å²) in [7, 11) is 0. The van der Waals surface area contributed by atoms with Crippen molar-refractivity contribution in [2.24, 2.45) is 0 Å². The van der Waals surface area contributed by atoms with Gasteiger partial charge in [-0.2, -0.15) is 0 Å². The maximum atomic E-state index is 12.9. The van der Waals surface area contributed by atoms with Gasteiger partial charge in [0.1, 0.15) is 35.5 Å². The highest BCUT2D eigenvalue weighted by molar-refractivity contribution is 6.08. The number of benzene rings is 2. The smallest absolute Gasteiger partial charge is 0.261 e. The summed E-state index contributed by atoms with van der Waals surface area (Å²) in [5, 5.41) is 20.2. The van der Waals surface area contributed by atoms with Gasteiger partial charge in [-0.3, -0.25) is 4.79 Å². The molecule has 1 atom stereocenters. The zero-order chi connectivity index (χ0) is 22.4. The van der Waals surface area contributed by atoms with Gasteiger partial charge < -0.3 is 25.0 Å². The lowest BCUT2D eigenvalue weighted by Gasteiger charge is -2.23. The molecule has 1 heterocycles. The first-order chi connectivity index (χ1) is 14.7. The van der Waals surface area contributed by atoms with Crippen LogP contribution in [-0.4, -0.2) is 41.0 Å². The van der Waals surface area contributed by atoms with Crippen LogP contribution < -0.4 is 15.4 Å². The highest BCUT2D eigenvalue weighted by Crippen LogP contribution is 2.26. The van der Waals surface area contributed by atoms with Crippen LogP contribution in [0.5, 0.6) is 5.75 Å². The number of hydrogen-bond donors (Lipinski definition) is 3. The number of β-amino-alcohol motifs (C(OH)–C–C–N with tert-alkyl or cyclic N) is 1. The lowest BCUT2D eigenvalue weighted by Crippen LogP contribution is -2.42. The van der Waals surface area contributed by atoms with Gasteiger partial charge in [-0.05, 0) is 52.0 Å². The molecule has 32 heavy (non-hydrogen) atoms. The van der Waals surface area contributed by atoms with Crippen LogP contribution in [0, 0.1) is 6.92 Å². The van der Waals surface area contributed by atoms with E-state index in [1.54, 1.807) is 31.2 Å². The molecule has 1 amide bonds. The number of halogens is 1. The van der Waals surface area contributed by atoms with E-state index in [1.165, 1.54) is 0 Å². The summed E-state index contributed by atoms with van der Waals surface area (Å²) < 4.78 is 10.9. The first-order valence-corrected chi connectivity index (χ1v) is 10.2. The average molecular weight is 460 g/mol. The second-order valence-electron chi connectivity index (χ2n) is 8.40. The third-order valence-corrected chi connectivity index (χ3v) is 4.56. The SMILES string of the molecule is Cc1onc(-c2ccccc2)c1C(=O)Nc1ccc(OCC(O)CNC(C)(C)C)cc1.Cl. The fourth-order valence-corrected chi connectivity index (χ4v) is 2.94. The van der Waals surface area contributed by atoms with Gasteiger partial charge in [-0.1, -0.05) is 35.5 Å². The number of carbonyl (C=O) groups excluding carboxylic acids is 1. The number of aliphatic hydroxyl groups excluding tert-OH is 1. The molecule has 172 valence electrons. The molecular formula is C24H30ClN3O4. The Hall–Kier alpha value is -2.87. The maximum Gasteiger partial charge on any atom is 0.261 e. The minimum absolute atomic E-state index is 0. The summed E-state index contributed by atoms with van der Waals surface area (Å²) in [4.78, 5) is 12.9. The van der Waals surface area contributed by atoms with Gasteiger partial charge in [-0.15, -0.1) is 12.4 Å². The number of hydrogen-bond acceptors (Lipinski definition) is 6. The van der Waals surface area contributed by atoms with Crippen molar-refractivity contribution in [2.45, 2.75) is 39.3 Å². The number of carbonyl (C=O) groups is 1. The number of aryl methyl sites for hydroxylation is 1. The maximum absolute atomic E-state index is 12.9. The Labute approximate surface area is 194 Å². The highest BCUT2D eigenvalue weighted by Gasteiger charge is 2.21. The Kier molecular flexibility index (Phi) is 8.83. The minimum Gasteiger partial charge on any atom is -0.491 e. The molecule has 0 aliphatic rings. The number of aromatic nitrogens is 1. The molecule has 3 N–H and O–H groups in total. The van der Waals surface area contributed by atoms with Crippen molar-refractivity contribution in [3.8, 4) is 17.0 Å². The van der Waals surface area contributed by atoms with Crippen LogP contribution in [0.1, 0.15) is 36.9 Å². The zero-order valence-electron chi connectivity index (χ0n) is 18.7. The summed E-state index contributed by atoms with van der Waals surface area (Å²) in [5.74, 6) is 0.767. The van der Waals surface area contributed by atoms with Crippen LogP contribution in [-0.2, 0) is 0 Å². The Morgan fingerprint density at radius 2 is 1.78 bits per heavy atom. The predicted octanol–water partition coefficient (Wildman–Crippen LogP) is 4.45. The summed E-state index contributed by atoms with van der Waals surface area (Å²) in [5.41, 5.74) is 2.28. The van der Waals surface area contributed by atoms with Crippen LogP contribution in [0.25, 0.3) is 11.3 Å². The molecular weight excluding hydrogens is 430 g/mol. The second-order valence-corrected chi connectivity index (χ2v) is 8.40. The summed E-state index contributed by atoms with van der Waals surface area (Å²) in [6, 6.07) is 16.4. The minimum atomic E-state index is -0.619. The molecule has 3 aromatic rings. The van der Waals surface area contributed by atoms with Gasteiger partial charge >= 0.3 is 0 Å². The molecule has 0 bridgehead atoms. The van der Waals surface area contributed by atoms with Crippen LogP contribution in [0.2, 0.25) is 0 Å². The summed E-state index contributed by atoms with van der Waals surface area (Å²) in [6.45, 7) is 8.45. The van der Waals surface area contributed by atoms with Gasteiger partial charge in [0.05, 0.1) is 0 Å². The lowest BCUT2D eigenvalue weighted by molar-refractivity contribution is 0.100. The first-order valence-electron chi connectivity index (χ1n) is 10.2. The zero-order valence-corrected chi connectivity index (χ0v) is 19.5. The molecule has 0 fully saturated rings. The molecule has 2 aromatic carbocycles. The molecule has 3 rings (SSSR count). The fraction of sp³-hybridized carbons (Fsp3) is 0.333. The van der Waals surface area contributed by atoms with Crippen LogP contribution in [0.15, 0.2) is 59.1 Å². The standard InChI is InChI=1S/C24H29N3O4.ClH/c1-16-21(22(27-31-16)17-8-6-5-7-9-17)23(29)26-18-10-12-20(13-11-18)30-15-19(28)14-25-24(2,3)4;/h5-13,19,25,28H,14-15H2,1-4H3,(H,26,29);1H. The van der Waals surface area contributed by atoms with Crippen molar-refractivity contribution in [1.82, 2.24) is 10.5 Å². The number of aliphatic hydroxyl groups is 1. The lowest BCUT2D eigenvalue weighted by atomic mass is 10.1. The van der Waals surface area contributed by atoms with E-state index in [0.29, 0.717) is 35.0 Å². The van der Waals surface area contributed by atoms with Gasteiger partial charge in [0.25, 0.3) is 5.91 Å². The first kappa shape index (κ1) is 25.4. The van der Waals surface area contributed by atoms with E-state index >= 15 is 0 Å². The summed E-state index contributed by atoms with van der Waals surface area (Å²) >= 11 is 0. The molecule has 0 radical (unpaired) electrons. The number of ether oxygens (including phenoxy) is 1. The third kappa shape index (κ3) is 7.09. The molecule has 0 saturated carbocycles. The molecule has 8 heteroatoms. The van der Waals surface area contributed by atoms with Gasteiger partial charge in [-0.25, -0.2) is 0 Å². The molecule has 7 nitrogen and oxygen atoms in total. The molecule has 1 unspecified atom stereocenters. The molecule has 0 aliphatic carbocycles. The van der Waals surface area contributed by atoms with Crippen molar-refractivity contribution in [3.63, 3.8) is 0 Å². The Morgan fingerprint density at radius 1 is 1.12 bits per heavy atom. The van der Waals surface area contributed by atoms with E-state index in [2.05, 4.69) is 15.8 Å². The molecule has 1 aromatic heterocycles. The highest BCUT2D eigenvalue weighted by atomic mass is 35.5. The molecule has 0 saturated heterocycles. The Bertz CT molecular complexity index is 998. The van der Waals surface area contributed by atoms with Crippen LogP contribution >= 0.6 is 12.4 Å². The average Bonchev–Trinajstić information content (AvgIpc) is 3.13. The third-order valence-electron chi connectivity index (χ3n) is 4.56. The number of anilines is 1. The van der Waals surface area contributed by atoms with E-state index in [9.17, 15) is 9.90 Å². The van der Waals surface area contributed by atoms with Gasteiger partial charge in [0.2, 0.25) is 0 Å². The monoisotopic (exact) mass is 459 g/mol. The number of nitrogens with zero attached hydrogens (tertiary/aromatic N) is 1. The van der Waals surface area contributed by atoms with Crippen molar-refractivity contribution >= 4 is 24.0 Å². The van der Waals surface area contributed by atoms with Crippen molar-refractivity contribution in [2.75, 3.05) is 18.5 Å². The number of rotatable bonds is 8. The molecule has 0 spiro atoms. The van der Waals surface area contributed by atoms with Crippen molar-refractivity contribution < 1.29 is 19.2 Å². The van der Waals surface area contributed by atoms with Crippen molar-refractivity contribution in [1.29, 1.82) is 0 Å².